The zero-order chi connectivity index (χ0) is 22.2. The number of anilines is 1. The minimum Gasteiger partial charge on any atom is -0.497 e. The Labute approximate surface area is 183 Å². The molecule has 1 heterocycles. The summed E-state index contributed by atoms with van der Waals surface area (Å²) in [5.74, 6) is 0.794. The lowest BCUT2D eigenvalue weighted by Gasteiger charge is -2.35. The van der Waals surface area contributed by atoms with Crippen LogP contribution in [-0.4, -0.2) is 68.2 Å². The van der Waals surface area contributed by atoms with Crippen LogP contribution in [0, 0.1) is 0 Å². The molecule has 0 aromatic heterocycles. The monoisotopic (exact) mass is 426 g/mol. The van der Waals surface area contributed by atoms with Crippen LogP contribution >= 0.6 is 0 Å². The summed E-state index contributed by atoms with van der Waals surface area (Å²) in [4.78, 5) is 29.3. The van der Waals surface area contributed by atoms with Gasteiger partial charge in [-0.25, -0.2) is 4.79 Å². The minimum absolute atomic E-state index is 0.233. The molecule has 2 aromatic carbocycles. The smallest absolute Gasteiger partial charge is 0.318 e. The zero-order valence-electron chi connectivity index (χ0n) is 18.3. The van der Waals surface area contributed by atoms with Crippen LogP contribution in [0.5, 0.6) is 11.5 Å². The molecule has 0 radical (unpaired) electrons. The molecule has 1 saturated heterocycles. The number of carbonyl (C=O) groups is 2. The molecule has 0 spiro atoms. The Morgan fingerprint density at radius 2 is 1.71 bits per heavy atom. The number of methoxy groups -OCH3 is 2. The van der Waals surface area contributed by atoms with Crippen LogP contribution in [-0.2, 0) is 11.3 Å². The Hall–Kier alpha value is -3.26. The molecule has 1 aliphatic rings. The maximum atomic E-state index is 12.6. The largest absolute Gasteiger partial charge is 0.497 e. The van der Waals surface area contributed by atoms with Gasteiger partial charge < -0.3 is 25.0 Å². The van der Waals surface area contributed by atoms with Crippen LogP contribution in [0.25, 0.3) is 0 Å². The van der Waals surface area contributed by atoms with Crippen molar-refractivity contribution in [1.29, 1.82) is 0 Å². The molecule has 1 atom stereocenters. The first-order valence-corrected chi connectivity index (χ1v) is 10.3. The van der Waals surface area contributed by atoms with Crippen LogP contribution in [0.3, 0.4) is 0 Å². The maximum absolute atomic E-state index is 12.6. The van der Waals surface area contributed by atoms with Crippen LogP contribution < -0.4 is 20.1 Å². The fourth-order valence-corrected chi connectivity index (χ4v) is 3.44. The standard InChI is InChI=1S/C23H30N4O4/c1-17(22(28)25-20-10-9-19(30-2)15-21(20)31-3)24-23(29)27-13-11-26(12-14-27)16-18-7-5-4-6-8-18/h4-10,15,17H,11-14,16H2,1-3H3,(H,24,29)(H,25,28)/t17-/m1/s1. The molecule has 2 N–H and O–H groups in total. The van der Waals surface area contributed by atoms with Gasteiger partial charge in [0.2, 0.25) is 5.91 Å². The van der Waals surface area contributed by atoms with Gasteiger partial charge in [0.05, 0.1) is 19.9 Å². The van der Waals surface area contributed by atoms with Crippen molar-refractivity contribution in [3.05, 3.63) is 54.1 Å². The average molecular weight is 427 g/mol. The van der Waals surface area contributed by atoms with Crippen molar-refractivity contribution in [3.63, 3.8) is 0 Å². The molecule has 0 saturated carbocycles. The van der Waals surface area contributed by atoms with Gasteiger partial charge in [-0.3, -0.25) is 9.69 Å². The molecule has 1 fully saturated rings. The van der Waals surface area contributed by atoms with Gasteiger partial charge >= 0.3 is 6.03 Å². The highest BCUT2D eigenvalue weighted by Crippen LogP contribution is 2.29. The van der Waals surface area contributed by atoms with Crippen molar-refractivity contribution >= 4 is 17.6 Å². The summed E-state index contributed by atoms with van der Waals surface area (Å²) in [6.07, 6.45) is 0. The third-order valence-corrected chi connectivity index (χ3v) is 5.31. The highest BCUT2D eigenvalue weighted by Gasteiger charge is 2.24. The highest BCUT2D eigenvalue weighted by molar-refractivity contribution is 5.97. The summed E-state index contributed by atoms with van der Waals surface area (Å²) in [5, 5.41) is 5.58. The third kappa shape index (κ3) is 6.11. The fourth-order valence-electron chi connectivity index (χ4n) is 3.44. The number of carbonyl (C=O) groups excluding carboxylic acids is 2. The molecule has 2 aromatic rings. The Balaban J connectivity index is 1.47. The average Bonchev–Trinajstić information content (AvgIpc) is 2.80. The summed E-state index contributed by atoms with van der Waals surface area (Å²) in [6.45, 7) is 5.38. The summed E-state index contributed by atoms with van der Waals surface area (Å²) in [5.41, 5.74) is 1.78. The van der Waals surface area contributed by atoms with E-state index in [9.17, 15) is 9.59 Å². The normalized spacial score (nSPS) is 15.1. The van der Waals surface area contributed by atoms with Gasteiger partial charge in [-0.2, -0.15) is 0 Å². The van der Waals surface area contributed by atoms with E-state index >= 15 is 0 Å². The first kappa shape index (κ1) is 22.4. The van der Waals surface area contributed by atoms with E-state index in [1.807, 2.05) is 18.2 Å². The Kier molecular flexibility index (Phi) is 7.72. The summed E-state index contributed by atoms with van der Waals surface area (Å²) >= 11 is 0. The molecule has 1 aliphatic heterocycles. The van der Waals surface area contributed by atoms with Crippen molar-refractivity contribution < 1.29 is 19.1 Å². The van der Waals surface area contributed by atoms with Crippen molar-refractivity contribution in [2.45, 2.75) is 19.5 Å². The first-order valence-electron chi connectivity index (χ1n) is 10.3. The lowest BCUT2D eigenvalue weighted by molar-refractivity contribution is -0.117. The van der Waals surface area contributed by atoms with Crippen LogP contribution in [0.1, 0.15) is 12.5 Å². The Morgan fingerprint density at radius 3 is 2.35 bits per heavy atom. The lowest BCUT2D eigenvalue weighted by atomic mass is 10.2. The van der Waals surface area contributed by atoms with Gasteiger partial charge in [0, 0.05) is 38.8 Å². The Morgan fingerprint density at radius 1 is 1.00 bits per heavy atom. The molecule has 3 amide bonds. The van der Waals surface area contributed by atoms with Crippen LogP contribution in [0.4, 0.5) is 10.5 Å². The molecular weight excluding hydrogens is 396 g/mol. The van der Waals surface area contributed by atoms with Gasteiger partial charge in [0.25, 0.3) is 0 Å². The number of nitrogens with zero attached hydrogens (tertiary/aromatic N) is 2. The lowest BCUT2D eigenvalue weighted by Crippen LogP contribution is -2.54. The molecule has 166 valence electrons. The molecule has 8 nitrogen and oxygen atoms in total. The SMILES string of the molecule is COc1ccc(NC(=O)[C@@H](C)NC(=O)N2CCN(Cc3ccccc3)CC2)c(OC)c1. The third-order valence-electron chi connectivity index (χ3n) is 5.31. The number of ether oxygens (including phenoxy) is 2. The maximum Gasteiger partial charge on any atom is 0.318 e. The second-order valence-electron chi connectivity index (χ2n) is 7.48. The van der Waals surface area contributed by atoms with E-state index in [0.717, 1.165) is 19.6 Å². The topological polar surface area (TPSA) is 83.1 Å². The molecular formula is C23H30N4O4. The Bertz CT molecular complexity index is 882. The number of benzene rings is 2. The van der Waals surface area contributed by atoms with Gasteiger partial charge in [-0.15, -0.1) is 0 Å². The second kappa shape index (κ2) is 10.7. The molecule has 8 heteroatoms. The molecule has 31 heavy (non-hydrogen) atoms. The number of hydrogen-bond donors (Lipinski definition) is 2. The van der Waals surface area contributed by atoms with Gasteiger partial charge in [-0.05, 0) is 24.6 Å². The predicted octanol–water partition coefficient (Wildman–Crippen LogP) is 2.56. The van der Waals surface area contributed by atoms with Crippen molar-refractivity contribution in [2.75, 3.05) is 45.7 Å². The number of urea groups is 1. The van der Waals surface area contributed by atoms with E-state index in [2.05, 4.69) is 27.7 Å². The molecule has 3 rings (SSSR count). The van der Waals surface area contributed by atoms with Crippen molar-refractivity contribution in [1.82, 2.24) is 15.1 Å². The predicted molar refractivity (Wildman–Crippen MR) is 119 cm³/mol. The molecule has 0 aliphatic carbocycles. The highest BCUT2D eigenvalue weighted by atomic mass is 16.5. The van der Waals surface area contributed by atoms with E-state index in [1.54, 1.807) is 37.1 Å². The fraction of sp³-hybridized carbons (Fsp3) is 0.391. The zero-order valence-corrected chi connectivity index (χ0v) is 18.3. The van der Waals surface area contributed by atoms with Gasteiger partial charge in [0.15, 0.2) is 0 Å². The van der Waals surface area contributed by atoms with Gasteiger partial charge in [-0.1, -0.05) is 30.3 Å². The number of hydrogen-bond acceptors (Lipinski definition) is 5. The van der Waals surface area contributed by atoms with E-state index < -0.39 is 6.04 Å². The van der Waals surface area contributed by atoms with E-state index in [1.165, 1.54) is 12.7 Å². The number of amides is 3. The molecule has 0 unspecified atom stereocenters. The molecule has 0 bridgehead atoms. The summed E-state index contributed by atoms with van der Waals surface area (Å²) in [7, 11) is 3.08. The second-order valence-corrected chi connectivity index (χ2v) is 7.48. The van der Waals surface area contributed by atoms with Crippen LogP contribution in [0.2, 0.25) is 0 Å². The van der Waals surface area contributed by atoms with E-state index in [-0.39, 0.29) is 11.9 Å². The van der Waals surface area contributed by atoms with Gasteiger partial charge in [0.1, 0.15) is 17.5 Å². The number of rotatable bonds is 7. The summed E-state index contributed by atoms with van der Waals surface area (Å²) in [6, 6.07) is 14.5. The minimum atomic E-state index is -0.693. The van der Waals surface area contributed by atoms with E-state index in [4.69, 9.17) is 9.47 Å². The van der Waals surface area contributed by atoms with E-state index in [0.29, 0.717) is 30.3 Å². The first-order chi connectivity index (χ1) is 15.0. The summed E-state index contributed by atoms with van der Waals surface area (Å²) < 4.78 is 10.5. The van der Waals surface area contributed by atoms with Crippen LogP contribution in [0.15, 0.2) is 48.5 Å². The quantitative estimate of drug-likeness (QED) is 0.711. The van der Waals surface area contributed by atoms with Crippen molar-refractivity contribution in [3.8, 4) is 11.5 Å². The number of piperazine rings is 1. The number of nitrogens with one attached hydrogen (secondary N) is 2. The van der Waals surface area contributed by atoms with Crippen molar-refractivity contribution in [2.24, 2.45) is 0 Å².